The molecule has 18 heavy (non-hydrogen) atoms. The second-order valence-electron chi connectivity index (χ2n) is 5.55. The SMILES string of the molecule is CC(C(=O)NCc1ccc2c(c1)CNC2)C1CC1. The summed E-state index contributed by atoms with van der Waals surface area (Å²) in [7, 11) is 0. The molecule has 0 bridgehead atoms. The van der Waals surface area contributed by atoms with E-state index < -0.39 is 0 Å². The van der Waals surface area contributed by atoms with Crippen LogP contribution >= 0.6 is 0 Å². The zero-order chi connectivity index (χ0) is 12.5. The Balaban J connectivity index is 1.58. The molecule has 1 heterocycles. The van der Waals surface area contributed by atoms with Gasteiger partial charge in [0.2, 0.25) is 5.91 Å². The minimum Gasteiger partial charge on any atom is -0.352 e. The van der Waals surface area contributed by atoms with Gasteiger partial charge in [-0.1, -0.05) is 25.1 Å². The van der Waals surface area contributed by atoms with Gasteiger partial charge in [-0.15, -0.1) is 0 Å². The molecular weight excluding hydrogens is 224 g/mol. The first-order valence-corrected chi connectivity index (χ1v) is 6.83. The van der Waals surface area contributed by atoms with Gasteiger partial charge in [0.05, 0.1) is 0 Å². The summed E-state index contributed by atoms with van der Waals surface area (Å²) in [6.45, 7) is 4.62. The van der Waals surface area contributed by atoms with E-state index in [9.17, 15) is 4.79 Å². The number of nitrogens with one attached hydrogen (secondary N) is 2. The molecule has 2 N–H and O–H groups in total. The molecule has 2 aliphatic rings. The smallest absolute Gasteiger partial charge is 0.223 e. The normalized spacial score (nSPS) is 19.4. The maximum absolute atomic E-state index is 11.9. The summed E-state index contributed by atoms with van der Waals surface area (Å²) in [4.78, 5) is 11.9. The summed E-state index contributed by atoms with van der Waals surface area (Å²) in [5, 5.41) is 6.39. The van der Waals surface area contributed by atoms with Crippen molar-refractivity contribution in [1.82, 2.24) is 10.6 Å². The van der Waals surface area contributed by atoms with Gasteiger partial charge in [0.25, 0.3) is 0 Å². The van der Waals surface area contributed by atoms with Gasteiger partial charge in [0, 0.05) is 25.6 Å². The van der Waals surface area contributed by atoms with Crippen molar-refractivity contribution in [3.8, 4) is 0 Å². The number of fused-ring (bicyclic) bond motifs is 1. The van der Waals surface area contributed by atoms with Crippen LogP contribution in [0.3, 0.4) is 0 Å². The first-order chi connectivity index (χ1) is 8.74. The average Bonchev–Trinajstić information content (AvgIpc) is 3.13. The predicted molar refractivity (Wildman–Crippen MR) is 70.7 cm³/mol. The zero-order valence-electron chi connectivity index (χ0n) is 10.8. The molecule has 0 aromatic heterocycles. The van der Waals surface area contributed by atoms with Crippen LogP contribution in [0.2, 0.25) is 0 Å². The lowest BCUT2D eigenvalue weighted by Gasteiger charge is -2.11. The fraction of sp³-hybridized carbons (Fsp3) is 0.533. The maximum Gasteiger partial charge on any atom is 0.223 e. The molecule has 1 aromatic carbocycles. The van der Waals surface area contributed by atoms with Crippen molar-refractivity contribution in [2.75, 3.05) is 0 Å². The van der Waals surface area contributed by atoms with Crippen LogP contribution in [0.25, 0.3) is 0 Å². The molecular formula is C15H20N2O. The number of rotatable bonds is 4. The van der Waals surface area contributed by atoms with E-state index in [4.69, 9.17) is 0 Å². The Morgan fingerprint density at radius 3 is 2.94 bits per heavy atom. The fourth-order valence-corrected chi connectivity index (χ4v) is 2.62. The van der Waals surface area contributed by atoms with Crippen LogP contribution < -0.4 is 10.6 Å². The molecule has 1 unspecified atom stereocenters. The number of benzene rings is 1. The van der Waals surface area contributed by atoms with Crippen molar-refractivity contribution in [3.63, 3.8) is 0 Å². The van der Waals surface area contributed by atoms with E-state index in [1.54, 1.807) is 0 Å². The average molecular weight is 244 g/mol. The van der Waals surface area contributed by atoms with Crippen LogP contribution in [0.5, 0.6) is 0 Å². The number of carbonyl (C=O) groups is 1. The molecule has 0 radical (unpaired) electrons. The summed E-state index contributed by atoms with van der Waals surface area (Å²) < 4.78 is 0. The molecule has 1 atom stereocenters. The Hall–Kier alpha value is -1.35. The van der Waals surface area contributed by atoms with Crippen LogP contribution in [-0.2, 0) is 24.4 Å². The lowest BCUT2D eigenvalue weighted by atomic mass is 10.0. The van der Waals surface area contributed by atoms with E-state index in [1.807, 2.05) is 6.92 Å². The molecule has 96 valence electrons. The highest BCUT2D eigenvalue weighted by Gasteiger charge is 2.32. The highest BCUT2D eigenvalue weighted by Crippen LogP contribution is 2.36. The number of hydrogen-bond acceptors (Lipinski definition) is 2. The third kappa shape index (κ3) is 2.41. The van der Waals surface area contributed by atoms with Crippen molar-refractivity contribution < 1.29 is 4.79 Å². The first kappa shape index (κ1) is 11.7. The van der Waals surface area contributed by atoms with Gasteiger partial charge >= 0.3 is 0 Å². The molecule has 3 heteroatoms. The molecule has 3 rings (SSSR count). The van der Waals surface area contributed by atoms with Crippen molar-refractivity contribution in [3.05, 3.63) is 34.9 Å². The highest BCUT2D eigenvalue weighted by molar-refractivity contribution is 5.78. The minimum atomic E-state index is 0.182. The van der Waals surface area contributed by atoms with Crippen molar-refractivity contribution in [2.24, 2.45) is 11.8 Å². The van der Waals surface area contributed by atoms with Gasteiger partial charge in [0.15, 0.2) is 0 Å². The van der Waals surface area contributed by atoms with Crippen LogP contribution in [0, 0.1) is 11.8 Å². The number of hydrogen-bond donors (Lipinski definition) is 2. The highest BCUT2D eigenvalue weighted by atomic mass is 16.1. The van der Waals surface area contributed by atoms with E-state index in [2.05, 4.69) is 28.8 Å². The van der Waals surface area contributed by atoms with Gasteiger partial charge in [-0.3, -0.25) is 4.79 Å². The van der Waals surface area contributed by atoms with Gasteiger partial charge < -0.3 is 10.6 Å². The van der Waals surface area contributed by atoms with Crippen molar-refractivity contribution in [2.45, 2.75) is 39.4 Å². The quantitative estimate of drug-likeness (QED) is 0.850. The van der Waals surface area contributed by atoms with Crippen LogP contribution in [0.1, 0.15) is 36.5 Å². The Morgan fingerprint density at radius 1 is 1.39 bits per heavy atom. The summed E-state index contributed by atoms with van der Waals surface area (Å²) in [6.07, 6.45) is 2.44. The standard InChI is InChI=1S/C15H20N2O/c1-10(12-4-5-12)15(18)17-7-11-2-3-13-8-16-9-14(13)6-11/h2-3,6,10,12,16H,4-5,7-9H2,1H3,(H,17,18). The van der Waals surface area contributed by atoms with Crippen LogP contribution in [-0.4, -0.2) is 5.91 Å². The Bertz CT molecular complexity index is 466. The fourth-order valence-electron chi connectivity index (χ4n) is 2.62. The van der Waals surface area contributed by atoms with E-state index in [0.717, 1.165) is 13.1 Å². The molecule has 3 nitrogen and oxygen atoms in total. The largest absolute Gasteiger partial charge is 0.352 e. The zero-order valence-corrected chi connectivity index (χ0v) is 10.8. The third-order valence-electron chi connectivity index (χ3n) is 4.11. The number of amides is 1. The van der Waals surface area contributed by atoms with Crippen LogP contribution in [0.15, 0.2) is 18.2 Å². The van der Waals surface area contributed by atoms with Gasteiger partial charge in [-0.05, 0) is 35.4 Å². The van der Waals surface area contributed by atoms with E-state index in [0.29, 0.717) is 12.5 Å². The molecule has 1 aliphatic carbocycles. The number of carbonyl (C=O) groups excluding carboxylic acids is 1. The summed E-state index contributed by atoms with van der Waals surface area (Å²) in [5.74, 6) is 1.02. The van der Waals surface area contributed by atoms with E-state index >= 15 is 0 Å². The summed E-state index contributed by atoms with van der Waals surface area (Å²) in [6, 6.07) is 6.49. The first-order valence-electron chi connectivity index (χ1n) is 6.83. The maximum atomic E-state index is 11.9. The minimum absolute atomic E-state index is 0.182. The van der Waals surface area contributed by atoms with Gasteiger partial charge in [0.1, 0.15) is 0 Å². The van der Waals surface area contributed by atoms with E-state index in [1.165, 1.54) is 29.5 Å². The lowest BCUT2D eigenvalue weighted by Crippen LogP contribution is -2.29. The Kier molecular flexibility index (Phi) is 3.08. The third-order valence-corrected chi connectivity index (χ3v) is 4.11. The monoisotopic (exact) mass is 244 g/mol. The molecule has 0 spiro atoms. The molecule has 1 saturated carbocycles. The Labute approximate surface area is 108 Å². The van der Waals surface area contributed by atoms with Crippen molar-refractivity contribution in [1.29, 1.82) is 0 Å². The van der Waals surface area contributed by atoms with E-state index in [-0.39, 0.29) is 11.8 Å². The summed E-state index contributed by atoms with van der Waals surface area (Å²) >= 11 is 0. The molecule has 1 aliphatic heterocycles. The molecule has 1 aromatic rings. The van der Waals surface area contributed by atoms with Gasteiger partial charge in [-0.25, -0.2) is 0 Å². The molecule has 0 saturated heterocycles. The second-order valence-corrected chi connectivity index (χ2v) is 5.55. The predicted octanol–water partition coefficient (Wildman–Crippen LogP) is 1.95. The molecule has 1 fully saturated rings. The Morgan fingerprint density at radius 2 is 2.17 bits per heavy atom. The molecule has 1 amide bonds. The second kappa shape index (κ2) is 4.73. The topological polar surface area (TPSA) is 41.1 Å². The van der Waals surface area contributed by atoms with Crippen molar-refractivity contribution >= 4 is 5.91 Å². The summed E-state index contributed by atoms with van der Waals surface area (Å²) in [5.41, 5.74) is 3.96. The van der Waals surface area contributed by atoms with Crippen LogP contribution in [0.4, 0.5) is 0 Å². The van der Waals surface area contributed by atoms with Gasteiger partial charge in [-0.2, -0.15) is 0 Å². The lowest BCUT2D eigenvalue weighted by molar-refractivity contribution is -0.125.